The van der Waals surface area contributed by atoms with Crippen LogP contribution in [0.4, 0.5) is 4.79 Å². The van der Waals surface area contributed by atoms with Gasteiger partial charge in [0, 0.05) is 6.54 Å². The summed E-state index contributed by atoms with van der Waals surface area (Å²) in [5.74, 6) is -0.470. The number of allylic oxidation sites excluding steroid dienone is 1. The quantitative estimate of drug-likeness (QED) is 0.361. The number of nitrogens with zero attached hydrogens (tertiary/aromatic N) is 2. The molecular formula is C13H13N3O3. The third kappa shape index (κ3) is 6.55. The molecule has 1 aromatic carbocycles. The van der Waals surface area contributed by atoms with E-state index in [4.69, 9.17) is 10.3 Å². The fourth-order valence-corrected chi connectivity index (χ4v) is 1.19. The molecule has 0 bridgehead atoms. The molecular weight excluding hydrogens is 246 g/mol. The van der Waals surface area contributed by atoms with Gasteiger partial charge in [0.25, 0.3) is 5.78 Å². The Labute approximate surface area is 110 Å². The van der Waals surface area contributed by atoms with Crippen molar-refractivity contribution in [3.63, 3.8) is 0 Å². The van der Waals surface area contributed by atoms with Crippen LogP contribution in [0.5, 0.6) is 0 Å². The maximum atomic E-state index is 11.3. The molecule has 0 saturated carbocycles. The molecule has 0 saturated heterocycles. The number of carbonyl (C=O) groups excluding carboxylic acids is 2. The minimum Gasteiger partial charge on any atom is -0.445 e. The van der Waals surface area contributed by atoms with Crippen LogP contribution in [-0.2, 0) is 16.1 Å². The van der Waals surface area contributed by atoms with Gasteiger partial charge in [-0.05, 0) is 11.6 Å². The molecule has 0 aliphatic carbocycles. The van der Waals surface area contributed by atoms with Crippen molar-refractivity contribution in [2.75, 3.05) is 6.54 Å². The summed E-state index contributed by atoms with van der Waals surface area (Å²) in [6, 6.07) is 9.28. The molecule has 19 heavy (non-hydrogen) atoms. The molecule has 0 fully saturated rings. The van der Waals surface area contributed by atoms with Crippen LogP contribution in [0.1, 0.15) is 5.56 Å². The van der Waals surface area contributed by atoms with Crippen LogP contribution in [0.2, 0.25) is 0 Å². The van der Waals surface area contributed by atoms with Gasteiger partial charge in [0.15, 0.2) is 0 Å². The van der Waals surface area contributed by atoms with E-state index in [0.29, 0.717) is 0 Å². The number of amides is 1. The van der Waals surface area contributed by atoms with Gasteiger partial charge in [-0.25, -0.2) is 4.79 Å². The highest BCUT2D eigenvalue weighted by Gasteiger charge is 2.00. The number of nitrogens with one attached hydrogen (secondary N) is 1. The first kappa shape index (κ1) is 14.3. The summed E-state index contributed by atoms with van der Waals surface area (Å²) in [5, 5.41) is 2.44. The van der Waals surface area contributed by atoms with Crippen molar-refractivity contribution in [1.29, 1.82) is 0 Å². The van der Waals surface area contributed by atoms with Crippen LogP contribution in [0.3, 0.4) is 0 Å². The van der Waals surface area contributed by atoms with Gasteiger partial charge in [-0.1, -0.05) is 36.4 Å². The van der Waals surface area contributed by atoms with Crippen LogP contribution in [-0.4, -0.2) is 29.4 Å². The largest absolute Gasteiger partial charge is 0.445 e. The van der Waals surface area contributed by atoms with E-state index in [1.165, 1.54) is 12.2 Å². The van der Waals surface area contributed by atoms with Crippen LogP contribution in [0.25, 0.3) is 5.53 Å². The van der Waals surface area contributed by atoms with Gasteiger partial charge in [0.2, 0.25) is 0 Å². The molecule has 0 spiro atoms. The van der Waals surface area contributed by atoms with Crippen molar-refractivity contribution in [1.82, 2.24) is 5.32 Å². The van der Waals surface area contributed by atoms with Crippen molar-refractivity contribution < 1.29 is 19.1 Å². The standard InChI is InChI=1S/C13H13N3O3/c14-16-9-12(17)7-4-8-15-13(18)19-10-11-5-2-1-3-6-11/h1-7,9H,8,10H2,(H,15,18)/b7-4-. The van der Waals surface area contributed by atoms with Gasteiger partial charge in [0.1, 0.15) is 6.61 Å². The van der Waals surface area contributed by atoms with Crippen molar-refractivity contribution in [2.45, 2.75) is 6.61 Å². The van der Waals surface area contributed by atoms with Gasteiger partial charge in [0.05, 0.1) is 0 Å². The monoisotopic (exact) mass is 259 g/mol. The lowest BCUT2D eigenvalue weighted by atomic mass is 10.2. The lowest BCUT2D eigenvalue weighted by Gasteiger charge is -2.04. The van der Waals surface area contributed by atoms with Crippen molar-refractivity contribution in [3.05, 3.63) is 53.6 Å². The molecule has 0 unspecified atom stereocenters. The molecule has 1 rings (SSSR count). The predicted molar refractivity (Wildman–Crippen MR) is 68.5 cm³/mol. The Morgan fingerprint density at radius 2 is 2.05 bits per heavy atom. The molecule has 1 amide bonds. The highest BCUT2D eigenvalue weighted by Crippen LogP contribution is 2.00. The first-order valence-electron chi connectivity index (χ1n) is 5.55. The van der Waals surface area contributed by atoms with Crippen molar-refractivity contribution in [3.8, 4) is 0 Å². The fraction of sp³-hybridized carbons (Fsp3) is 0.154. The van der Waals surface area contributed by atoms with Gasteiger partial charge < -0.3 is 15.6 Å². The summed E-state index contributed by atoms with van der Waals surface area (Å²) in [7, 11) is 0. The summed E-state index contributed by atoms with van der Waals surface area (Å²) in [5.41, 5.74) is 8.98. The molecule has 0 heterocycles. The van der Waals surface area contributed by atoms with Crippen molar-refractivity contribution >= 4 is 18.1 Å². The second-order valence-electron chi connectivity index (χ2n) is 3.49. The fourth-order valence-electron chi connectivity index (χ4n) is 1.19. The molecule has 1 N–H and O–H groups in total. The Kier molecular flexibility index (Phi) is 6.33. The third-order valence-corrected chi connectivity index (χ3v) is 2.04. The lowest BCUT2D eigenvalue weighted by molar-refractivity contribution is -0.111. The molecule has 98 valence electrons. The van der Waals surface area contributed by atoms with Gasteiger partial charge in [-0.15, -0.1) is 0 Å². The number of ketones is 1. The lowest BCUT2D eigenvalue weighted by Crippen LogP contribution is -2.24. The Balaban J connectivity index is 2.22. The zero-order chi connectivity index (χ0) is 13.9. The van der Waals surface area contributed by atoms with E-state index >= 15 is 0 Å². The van der Waals surface area contributed by atoms with Gasteiger partial charge in [-0.2, -0.15) is 4.79 Å². The first-order valence-corrected chi connectivity index (χ1v) is 5.55. The van der Waals surface area contributed by atoms with Crippen molar-refractivity contribution in [2.24, 2.45) is 0 Å². The summed E-state index contributed by atoms with van der Waals surface area (Å²) < 4.78 is 4.95. The summed E-state index contributed by atoms with van der Waals surface area (Å²) in [6.45, 7) is 0.338. The van der Waals surface area contributed by atoms with Gasteiger partial charge in [-0.3, -0.25) is 4.79 Å². The number of hydrogen-bond acceptors (Lipinski definition) is 3. The van der Waals surface area contributed by atoms with Crippen LogP contribution >= 0.6 is 0 Å². The molecule has 0 aliphatic rings. The van der Waals surface area contributed by atoms with Crippen LogP contribution in [0.15, 0.2) is 42.5 Å². The molecule has 0 aliphatic heterocycles. The van der Waals surface area contributed by atoms with E-state index in [0.717, 1.165) is 11.8 Å². The van der Waals surface area contributed by atoms with E-state index in [1.54, 1.807) is 0 Å². The smallest absolute Gasteiger partial charge is 0.407 e. The Morgan fingerprint density at radius 3 is 2.74 bits per heavy atom. The molecule has 6 heteroatoms. The zero-order valence-electron chi connectivity index (χ0n) is 10.2. The summed E-state index contributed by atoms with van der Waals surface area (Å²) in [4.78, 5) is 24.7. The number of ether oxygens (including phenoxy) is 1. The molecule has 6 nitrogen and oxygen atoms in total. The van der Waals surface area contributed by atoms with E-state index in [2.05, 4.69) is 10.1 Å². The first-order chi connectivity index (χ1) is 9.22. The second-order valence-corrected chi connectivity index (χ2v) is 3.49. The number of benzene rings is 1. The van der Waals surface area contributed by atoms with E-state index in [-0.39, 0.29) is 13.2 Å². The number of hydrogen-bond donors (Lipinski definition) is 1. The average molecular weight is 259 g/mol. The SMILES string of the molecule is [N-]=[N+]=CC(=O)/C=C\CNC(=O)OCc1ccccc1. The molecule has 0 aromatic heterocycles. The van der Waals surface area contributed by atoms with E-state index in [9.17, 15) is 9.59 Å². The van der Waals surface area contributed by atoms with Gasteiger partial charge >= 0.3 is 12.3 Å². The topological polar surface area (TPSA) is 91.8 Å². The number of rotatable bonds is 6. The van der Waals surface area contributed by atoms with Crippen LogP contribution in [0, 0.1) is 0 Å². The Morgan fingerprint density at radius 1 is 1.32 bits per heavy atom. The highest BCUT2D eigenvalue weighted by atomic mass is 16.5. The highest BCUT2D eigenvalue weighted by molar-refractivity contribution is 6.30. The van der Waals surface area contributed by atoms with Crippen LogP contribution < -0.4 is 5.32 Å². The minimum atomic E-state index is -0.572. The van der Waals surface area contributed by atoms with E-state index < -0.39 is 11.9 Å². The number of carbonyl (C=O) groups is 2. The summed E-state index contributed by atoms with van der Waals surface area (Å²) in [6.07, 6.45) is 2.78. The predicted octanol–water partition coefficient (Wildman–Crippen LogP) is 1.34. The maximum absolute atomic E-state index is 11.3. The minimum absolute atomic E-state index is 0.151. The Hall–Kier alpha value is -2.72. The second kappa shape index (κ2) is 8.38. The van der Waals surface area contributed by atoms with E-state index in [1.807, 2.05) is 30.3 Å². The normalized spacial score (nSPS) is 9.68. The molecule has 0 atom stereocenters. The molecule has 0 radical (unpaired) electrons. The summed E-state index contributed by atoms with van der Waals surface area (Å²) >= 11 is 0. The zero-order valence-corrected chi connectivity index (χ0v) is 10.2. The molecule has 1 aromatic rings. The third-order valence-electron chi connectivity index (χ3n) is 2.04. The Bertz CT molecular complexity index is 505. The number of alkyl carbamates (subject to hydrolysis) is 1. The maximum Gasteiger partial charge on any atom is 0.407 e. The average Bonchev–Trinajstić information content (AvgIpc) is 2.43.